The van der Waals surface area contributed by atoms with Crippen LogP contribution in [0.25, 0.3) is 5.69 Å². The summed E-state index contributed by atoms with van der Waals surface area (Å²) >= 11 is 3.59. The van der Waals surface area contributed by atoms with Crippen LogP contribution in [-0.2, 0) is 6.54 Å². The molecule has 0 bridgehead atoms. The Labute approximate surface area is 123 Å². The van der Waals surface area contributed by atoms with Gasteiger partial charge in [0, 0.05) is 6.54 Å². The summed E-state index contributed by atoms with van der Waals surface area (Å²) in [6.45, 7) is 8.19. The van der Waals surface area contributed by atoms with Crippen molar-refractivity contribution in [1.29, 1.82) is 0 Å². The van der Waals surface area contributed by atoms with E-state index in [2.05, 4.69) is 64.5 Å². The summed E-state index contributed by atoms with van der Waals surface area (Å²) in [4.78, 5) is 0. The molecule has 19 heavy (non-hydrogen) atoms. The van der Waals surface area contributed by atoms with Crippen LogP contribution in [0.4, 0.5) is 0 Å². The van der Waals surface area contributed by atoms with E-state index in [9.17, 15) is 0 Å². The SMILES string of the molecule is CCCNCc1ccccc1-n1nc(C)c(Br)c1C. The quantitative estimate of drug-likeness (QED) is 0.850. The van der Waals surface area contributed by atoms with E-state index in [1.165, 1.54) is 5.56 Å². The minimum Gasteiger partial charge on any atom is -0.313 e. The zero-order valence-corrected chi connectivity index (χ0v) is 13.3. The molecule has 1 aromatic carbocycles. The molecule has 0 aliphatic rings. The highest BCUT2D eigenvalue weighted by molar-refractivity contribution is 9.10. The predicted octanol–water partition coefficient (Wildman–Crippen LogP) is 3.75. The maximum absolute atomic E-state index is 4.61. The minimum absolute atomic E-state index is 0.875. The summed E-state index contributed by atoms with van der Waals surface area (Å²) in [6.07, 6.45) is 1.15. The first kappa shape index (κ1) is 14.3. The third-order valence-corrected chi connectivity index (χ3v) is 4.31. The fourth-order valence-electron chi connectivity index (χ4n) is 2.12. The van der Waals surface area contributed by atoms with E-state index in [0.717, 1.165) is 41.1 Å². The van der Waals surface area contributed by atoms with Gasteiger partial charge in [-0.1, -0.05) is 25.1 Å². The van der Waals surface area contributed by atoms with Crippen molar-refractivity contribution in [3.8, 4) is 5.69 Å². The lowest BCUT2D eigenvalue weighted by Gasteiger charge is -2.11. The highest BCUT2D eigenvalue weighted by Gasteiger charge is 2.12. The summed E-state index contributed by atoms with van der Waals surface area (Å²) in [5.41, 5.74) is 4.58. The van der Waals surface area contributed by atoms with Gasteiger partial charge in [-0.2, -0.15) is 5.10 Å². The van der Waals surface area contributed by atoms with Crippen LogP contribution in [0, 0.1) is 13.8 Å². The maximum atomic E-state index is 4.61. The molecule has 0 atom stereocenters. The number of para-hydroxylation sites is 1. The fourth-order valence-corrected chi connectivity index (χ4v) is 2.37. The van der Waals surface area contributed by atoms with Crippen molar-refractivity contribution in [2.75, 3.05) is 6.54 Å². The molecule has 0 saturated carbocycles. The van der Waals surface area contributed by atoms with Gasteiger partial charge in [-0.05, 0) is 54.4 Å². The molecule has 0 amide bonds. The van der Waals surface area contributed by atoms with Gasteiger partial charge < -0.3 is 5.32 Å². The molecule has 1 aromatic heterocycles. The van der Waals surface area contributed by atoms with Gasteiger partial charge in [-0.15, -0.1) is 0 Å². The summed E-state index contributed by atoms with van der Waals surface area (Å²) in [6, 6.07) is 8.41. The van der Waals surface area contributed by atoms with E-state index in [0.29, 0.717) is 0 Å². The van der Waals surface area contributed by atoms with Crippen molar-refractivity contribution in [3.63, 3.8) is 0 Å². The zero-order valence-electron chi connectivity index (χ0n) is 11.7. The Morgan fingerprint density at radius 1 is 1.26 bits per heavy atom. The topological polar surface area (TPSA) is 29.9 Å². The first-order valence-electron chi connectivity index (χ1n) is 6.65. The monoisotopic (exact) mass is 321 g/mol. The van der Waals surface area contributed by atoms with E-state index < -0.39 is 0 Å². The van der Waals surface area contributed by atoms with Crippen molar-refractivity contribution in [2.24, 2.45) is 0 Å². The number of benzene rings is 1. The molecule has 2 rings (SSSR count). The number of hydrogen-bond donors (Lipinski definition) is 1. The van der Waals surface area contributed by atoms with Crippen molar-refractivity contribution < 1.29 is 0 Å². The Balaban J connectivity index is 2.36. The Morgan fingerprint density at radius 2 is 2.00 bits per heavy atom. The molecule has 1 heterocycles. The molecular formula is C15H20BrN3. The number of nitrogens with one attached hydrogen (secondary N) is 1. The molecule has 4 heteroatoms. The molecule has 0 spiro atoms. The molecule has 2 aromatic rings. The summed E-state index contributed by atoms with van der Waals surface area (Å²) in [7, 11) is 0. The second kappa shape index (κ2) is 6.35. The first-order chi connectivity index (χ1) is 9.15. The highest BCUT2D eigenvalue weighted by Crippen LogP contribution is 2.24. The summed E-state index contributed by atoms with van der Waals surface area (Å²) < 4.78 is 3.10. The standard InChI is InChI=1S/C15H20BrN3/c1-4-9-17-10-13-7-5-6-8-14(13)19-12(3)15(16)11(2)18-19/h5-8,17H,4,9-10H2,1-3H3. The molecule has 0 saturated heterocycles. The molecule has 102 valence electrons. The average molecular weight is 322 g/mol. The number of nitrogens with zero attached hydrogens (tertiary/aromatic N) is 2. The molecule has 0 unspecified atom stereocenters. The van der Waals surface area contributed by atoms with E-state index in [1.54, 1.807) is 0 Å². The Kier molecular flexibility index (Phi) is 4.77. The largest absolute Gasteiger partial charge is 0.313 e. The van der Waals surface area contributed by atoms with Gasteiger partial charge in [0.1, 0.15) is 0 Å². The number of aryl methyl sites for hydroxylation is 1. The van der Waals surface area contributed by atoms with Gasteiger partial charge in [-0.3, -0.25) is 0 Å². The van der Waals surface area contributed by atoms with Crippen LogP contribution in [0.2, 0.25) is 0 Å². The lowest BCUT2D eigenvalue weighted by molar-refractivity contribution is 0.669. The van der Waals surface area contributed by atoms with Crippen LogP contribution >= 0.6 is 15.9 Å². The Morgan fingerprint density at radius 3 is 2.63 bits per heavy atom. The molecular weight excluding hydrogens is 302 g/mol. The maximum Gasteiger partial charge on any atom is 0.0743 e. The van der Waals surface area contributed by atoms with E-state index in [4.69, 9.17) is 0 Å². The second-order valence-electron chi connectivity index (χ2n) is 4.70. The van der Waals surface area contributed by atoms with Gasteiger partial charge >= 0.3 is 0 Å². The lowest BCUT2D eigenvalue weighted by Crippen LogP contribution is -2.16. The van der Waals surface area contributed by atoms with E-state index in [-0.39, 0.29) is 0 Å². The van der Waals surface area contributed by atoms with E-state index in [1.807, 2.05) is 11.6 Å². The summed E-state index contributed by atoms with van der Waals surface area (Å²) in [5.74, 6) is 0. The van der Waals surface area contributed by atoms with Gasteiger partial charge in [0.25, 0.3) is 0 Å². The van der Waals surface area contributed by atoms with Crippen molar-refractivity contribution in [3.05, 3.63) is 45.7 Å². The first-order valence-corrected chi connectivity index (χ1v) is 7.45. The van der Waals surface area contributed by atoms with Crippen LogP contribution in [0.3, 0.4) is 0 Å². The minimum atomic E-state index is 0.875. The number of rotatable bonds is 5. The Hall–Kier alpha value is -1.13. The van der Waals surface area contributed by atoms with Crippen molar-refractivity contribution in [1.82, 2.24) is 15.1 Å². The van der Waals surface area contributed by atoms with Gasteiger partial charge in [0.2, 0.25) is 0 Å². The second-order valence-corrected chi connectivity index (χ2v) is 5.50. The van der Waals surface area contributed by atoms with Gasteiger partial charge in [-0.25, -0.2) is 4.68 Å². The molecule has 0 radical (unpaired) electrons. The van der Waals surface area contributed by atoms with Crippen LogP contribution in [0.15, 0.2) is 28.7 Å². The van der Waals surface area contributed by atoms with Gasteiger partial charge in [0.05, 0.1) is 21.5 Å². The van der Waals surface area contributed by atoms with Crippen LogP contribution < -0.4 is 5.32 Å². The lowest BCUT2D eigenvalue weighted by atomic mass is 10.1. The zero-order chi connectivity index (χ0) is 13.8. The normalized spacial score (nSPS) is 10.9. The molecule has 3 nitrogen and oxygen atoms in total. The average Bonchev–Trinajstić information content (AvgIpc) is 2.67. The summed E-state index contributed by atoms with van der Waals surface area (Å²) in [5, 5.41) is 8.06. The molecule has 1 N–H and O–H groups in total. The number of aromatic nitrogens is 2. The van der Waals surface area contributed by atoms with Crippen molar-refractivity contribution >= 4 is 15.9 Å². The van der Waals surface area contributed by atoms with Crippen LogP contribution in [-0.4, -0.2) is 16.3 Å². The third-order valence-electron chi connectivity index (χ3n) is 3.17. The number of halogens is 1. The van der Waals surface area contributed by atoms with Gasteiger partial charge in [0.15, 0.2) is 0 Å². The molecule has 0 fully saturated rings. The Bertz CT molecular complexity index is 561. The highest BCUT2D eigenvalue weighted by atomic mass is 79.9. The smallest absolute Gasteiger partial charge is 0.0743 e. The fraction of sp³-hybridized carbons (Fsp3) is 0.400. The number of hydrogen-bond acceptors (Lipinski definition) is 2. The predicted molar refractivity (Wildman–Crippen MR) is 82.7 cm³/mol. The van der Waals surface area contributed by atoms with Crippen LogP contribution in [0.1, 0.15) is 30.3 Å². The molecule has 0 aliphatic heterocycles. The van der Waals surface area contributed by atoms with Crippen molar-refractivity contribution in [2.45, 2.75) is 33.7 Å². The van der Waals surface area contributed by atoms with Crippen LogP contribution in [0.5, 0.6) is 0 Å². The van der Waals surface area contributed by atoms with E-state index >= 15 is 0 Å². The molecule has 0 aliphatic carbocycles. The third kappa shape index (κ3) is 3.07.